The van der Waals surface area contributed by atoms with Gasteiger partial charge in [-0.1, -0.05) is 36.4 Å². The van der Waals surface area contributed by atoms with Crippen molar-refractivity contribution >= 4 is 11.9 Å². The number of hydrogen-bond acceptors (Lipinski definition) is 3. The van der Waals surface area contributed by atoms with Gasteiger partial charge in [0.1, 0.15) is 5.75 Å². The van der Waals surface area contributed by atoms with Crippen LogP contribution in [0.4, 0.5) is 13.2 Å². The van der Waals surface area contributed by atoms with E-state index >= 15 is 0 Å². The number of alkyl halides is 3. The topological polar surface area (TPSA) is 75.6 Å². The van der Waals surface area contributed by atoms with Crippen molar-refractivity contribution in [3.63, 3.8) is 0 Å². The molecule has 0 bridgehead atoms. The van der Waals surface area contributed by atoms with Gasteiger partial charge in [0.05, 0.1) is 18.6 Å². The summed E-state index contributed by atoms with van der Waals surface area (Å²) in [4.78, 5) is 22.4. The van der Waals surface area contributed by atoms with Crippen molar-refractivity contribution in [3.05, 3.63) is 89.5 Å². The molecule has 36 heavy (non-hydrogen) atoms. The highest BCUT2D eigenvalue weighted by Crippen LogP contribution is 2.31. The second kappa shape index (κ2) is 12.8. The van der Waals surface area contributed by atoms with Gasteiger partial charge in [-0.15, -0.1) is 0 Å². The first-order valence-electron chi connectivity index (χ1n) is 11.7. The van der Waals surface area contributed by atoms with Crippen LogP contribution in [0, 0.1) is 0 Å². The van der Waals surface area contributed by atoms with Gasteiger partial charge in [0.25, 0.3) is 5.91 Å². The van der Waals surface area contributed by atoms with Crippen molar-refractivity contribution in [1.29, 1.82) is 0 Å². The van der Waals surface area contributed by atoms with Crippen LogP contribution in [-0.2, 0) is 17.4 Å². The van der Waals surface area contributed by atoms with Gasteiger partial charge < -0.3 is 15.2 Å². The second-order valence-electron chi connectivity index (χ2n) is 8.36. The molecule has 2 N–H and O–H groups in total. The van der Waals surface area contributed by atoms with Gasteiger partial charge in [0, 0.05) is 12.1 Å². The monoisotopic (exact) mass is 499 g/mol. The molecule has 0 saturated carbocycles. The molecule has 3 rings (SSSR count). The molecule has 0 unspecified atom stereocenters. The Hall–Kier alpha value is -3.81. The van der Waals surface area contributed by atoms with Gasteiger partial charge in [-0.3, -0.25) is 9.59 Å². The minimum Gasteiger partial charge on any atom is -0.494 e. The predicted molar refractivity (Wildman–Crippen MR) is 131 cm³/mol. The maximum Gasteiger partial charge on any atom is 0.416 e. The fourth-order valence-corrected chi connectivity index (χ4v) is 3.60. The zero-order valence-electron chi connectivity index (χ0n) is 19.7. The Labute approximate surface area is 207 Å². The summed E-state index contributed by atoms with van der Waals surface area (Å²) < 4.78 is 43.9. The highest BCUT2D eigenvalue weighted by Gasteiger charge is 2.29. The molecule has 5 nitrogen and oxygen atoms in total. The van der Waals surface area contributed by atoms with Gasteiger partial charge in [-0.25, -0.2) is 0 Å². The van der Waals surface area contributed by atoms with Crippen molar-refractivity contribution in [1.82, 2.24) is 5.32 Å². The number of amides is 1. The molecular weight excluding hydrogens is 471 g/mol. The molecule has 190 valence electrons. The molecule has 0 spiro atoms. The number of carbonyl (C=O) groups is 2. The van der Waals surface area contributed by atoms with Crippen molar-refractivity contribution < 1.29 is 32.6 Å². The molecule has 0 aliphatic heterocycles. The first kappa shape index (κ1) is 26.8. The average molecular weight is 500 g/mol. The van der Waals surface area contributed by atoms with Crippen LogP contribution in [0.2, 0.25) is 0 Å². The van der Waals surface area contributed by atoms with Crippen LogP contribution in [0.5, 0.6) is 5.75 Å². The lowest BCUT2D eigenvalue weighted by atomic mass is 10.0. The highest BCUT2D eigenvalue weighted by molar-refractivity contribution is 5.94. The average Bonchev–Trinajstić information content (AvgIpc) is 2.86. The number of unbranched alkanes of at least 4 members (excludes halogenated alkanes) is 2. The van der Waals surface area contributed by atoms with E-state index in [0.717, 1.165) is 48.9 Å². The summed E-state index contributed by atoms with van der Waals surface area (Å²) >= 11 is 0. The molecule has 0 radical (unpaired) electrons. The Morgan fingerprint density at radius 1 is 0.806 bits per heavy atom. The molecule has 0 aromatic heterocycles. The number of carboxylic acid groups (broad SMARTS) is 1. The van der Waals surface area contributed by atoms with Crippen LogP contribution in [0.15, 0.2) is 72.8 Å². The number of ether oxygens (including phenoxy) is 1. The molecule has 3 aromatic rings. The standard InChI is InChI=1S/C28H28F3NO4/c29-28(30,31)24-13-9-22(10-14-24)21-7-5-20(6-8-21)4-2-1-3-19-36-25-15-11-23(12-16-25)27(35)32-18-17-26(33)34/h5-16H,1-4,17-19H2,(H,32,35)(H,33,34). The third kappa shape index (κ3) is 8.45. The number of rotatable bonds is 12. The number of halogens is 3. The maximum atomic E-state index is 12.7. The van der Waals surface area contributed by atoms with Crippen LogP contribution in [0.3, 0.4) is 0 Å². The Bertz CT molecular complexity index is 1130. The molecule has 0 aliphatic rings. The summed E-state index contributed by atoms with van der Waals surface area (Å²) in [6, 6.07) is 19.7. The summed E-state index contributed by atoms with van der Waals surface area (Å²) in [5, 5.41) is 11.2. The van der Waals surface area contributed by atoms with E-state index in [9.17, 15) is 22.8 Å². The lowest BCUT2D eigenvalue weighted by molar-refractivity contribution is -0.138. The van der Waals surface area contributed by atoms with Gasteiger partial charge in [-0.05, 0) is 78.8 Å². The van der Waals surface area contributed by atoms with Crippen molar-refractivity contribution in [2.45, 2.75) is 38.3 Å². The Morgan fingerprint density at radius 2 is 1.42 bits per heavy atom. The molecule has 3 aromatic carbocycles. The molecule has 1 amide bonds. The molecule has 0 atom stereocenters. The Balaban J connectivity index is 1.34. The first-order chi connectivity index (χ1) is 17.2. The van der Waals surface area contributed by atoms with Crippen LogP contribution in [-0.4, -0.2) is 30.1 Å². The molecule has 0 aliphatic carbocycles. The summed E-state index contributed by atoms with van der Waals surface area (Å²) in [6.07, 6.45) is -0.716. The number of carbonyl (C=O) groups excluding carboxylic acids is 1. The molecule has 0 heterocycles. The number of aryl methyl sites for hydroxylation is 1. The Morgan fingerprint density at radius 3 is 2.00 bits per heavy atom. The van der Waals surface area contributed by atoms with Crippen molar-refractivity contribution in [3.8, 4) is 16.9 Å². The fourth-order valence-electron chi connectivity index (χ4n) is 3.60. The van der Waals surface area contributed by atoms with Crippen molar-refractivity contribution in [2.75, 3.05) is 13.2 Å². The third-order valence-electron chi connectivity index (χ3n) is 5.62. The van der Waals surface area contributed by atoms with E-state index in [1.807, 2.05) is 24.3 Å². The smallest absolute Gasteiger partial charge is 0.416 e. The van der Waals surface area contributed by atoms with Crippen LogP contribution < -0.4 is 10.1 Å². The zero-order valence-corrected chi connectivity index (χ0v) is 19.7. The van der Waals surface area contributed by atoms with E-state index in [1.165, 1.54) is 17.7 Å². The number of carboxylic acids is 1. The van der Waals surface area contributed by atoms with E-state index in [4.69, 9.17) is 9.84 Å². The SMILES string of the molecule is O=C(O)CCNC(=O)c1ccc(OCCCCCc2ccc(-c3ccc(C(F)(F)F)cc3)cc2)cc1. The molecule has 0 saturated heterocycles. The number of hydrogen-bond donors (Lipinski definition) is 2. The summed E-state index contributed by atoms with van der Waals surface area (Å²) in [5.74, 6) is -0.625. The lowest BCUT2D eigenvalue weighted by Crippen LogP contribution is -2.25. The summed E-state index contributed by atoms with van der Waals surface area (Å²) in [6.45, 7) is 0.632. The van der Waals surface area contributed by atoms with Gasteiger partial charge in [-0.2, -0.15) is 13.2 Å². The van der Waals surface area contributed by atoms with E-state index in [1.54, 1.807) is 24.3 Å². The molecular formula is C28H28F3NO4. The normalized spacial score (nSPS) is 11.2. The van der Waals surface area contributed by atoms with Crippen molar-refractivity contribution in [2.24, 2.45) is 0 Å². The van der Waals surface area contributed by atoms with E-state index in [-0.39, 0.29) is 18.9 Å². The van der Waals surface area contributed by atoms with E-state index < -0.39 is 17.7 Å². The number of benzene rings is 3. The third-order valence-corrected chi connectivity index (χ3v) is 5.62. The van der Waals surface area contributed by atoms with Crippen LogP contribution in [0.1, 0.15) is 47.2 Å². The zero-order chi connectivity index (χ0) is 26.0. The molecule has 8 heteroatoms. The van der Waals surface area contributed by atoms with Gasteiger partial charge in [0.2, 0.25) is 0 Å². The van der Waals surface area contributed by atoms with Gasteiger partial charge in [0.15, 0.2) is 0 Å². The molecule has 0 fully saturated rings. The summed E-state index contributed by atoms with van der Waals surface area (Å²) in [7, 11) is 0. The van der Waals surface area contributed by atoms with Gasteiger partial charge >= 0.3 is 12.1 Å². The van der Waals surface area contributed by atoms with E-state index in [2.05, 4.69) is 5.32 Å². The van der Waals surface area contributed by atoms with Crippen LogP contribution in [0.25, 0.3) is 11.1 Å². The minimum atomic E-state index is -4.33. The fraction of sp³-hybridized carbons (Fsp3) is 0.286. The predicted octanol–water partition coefficient (Wildman–Crippen LogP) is 6.37. The summed E-state index contributed by atoms with van der Waals surface area (Å²) in [5.41, 5.74) is 2.59. The lowest BCUT2D eigenvalue weighted by Gasteiger charge is -2.09. The van der Waals surface area contributed by atoms with E-state index in [0.29, 0.717) is 17.9 Å². The van der Waals surface area contributed by atoms with Crippen LogP contribution >= 0.6 is 0 Å². The Kier molecular flexibility index (Phi) is 9.50. The second-order valence-corrected chi connectivity index (χ2v) is 8.36. The number of nitrogens with one attached hydrogen (secondary N) is 1. The largest absolute Gasteiger partial charge is 0.494 e. The first-order valence-corrected chi connectivity index (χ1v) is 11.7. The number of aliphatic carboxylic acids is 1. The minimum absolute atomic E-state index is 0.0791. The highest BCUT2D eigenvalue weighted by atomic mass is 19.4. The quantitative estimate of drug-likeness (QED) is 0.284. The maximum absolute atomic E-state index is 12.7.